The zero-order valence-electron chi connectivity index (χ0n) is 15.5. The van der Waals surface area contributed by atoms with Gasteiger partial charge in [0.15, 0.2) is 5.76 Å². The number of carbonyl (C=O) groups is 1. The lowest BCUT2D eigenvalue weighted by Gasteiger charge is -2.39. The van der Waals surface area contributed by atoms with Crippen molar-refractivity contribution < 1.29 is 18.8 Å². The second-order valence-electron chi connectivity index (χ2n) is 7.41. The Balaban J connectivity index is 1.35. The van der Waals surface area contributed by atoms with Crippen molar-refractivity contribution in [1.29, 1.82) is 0 Å². The molecule has 1 aromatic heterocycles. The van der Waals surface area contributed by atoms with Gasteiger partial charge in [0.25, 0.3) is 5.91 Å². The second-order valence-corrected chi connectivity index (χ2v) is 7.41. The number of ether oxygens (including phenoxy) is 2. The van der Waals surface area contributed by atoms with Crippen LogP contribution in [-0.4, -0.2) is 42.5 Å². The summed E-state index contributed by atoms with van der Waals surface area (Å²) in [6.45, 7) is 1.30. The Morgan fingerprint density at radius 1 is 1.00 bits per heavy atom. The number of hydrogen-bond acceptors (Lipinski definition) is 5. The fraction of sp³-hybridized carbons (Fsp3) is 0.364. The molecule has 2 aliphatic rings. The molecule has 1 saturated carbocycles. The molecule has 1 aliphatic heterocycles. The van der Waals surface area contributed by atoms with Crippen molar-refractivity contribution in [2.45, 2.75) is 37.5 Å². The third-order valence-corrected chi connectivity index (χ3v) is 5.59. The van der Waals surface area contributed by atoms with Gasteiger partial charge in [0.1, 0.15) is 5.52 Å². The number of nitrogens with zero attached hydrogens (tertiary/aromatic N) is 1. The summed E-state index contributed by atoms with van der Waals surface area (Å²) < 4.78 is 17.1. The third-order valence-electron chi connectivity index (χ3n) is 5.59. The summed E-state index contributed by atoms with van der Waals surface area (Å²) in [5.74, 6) is 0.598. The summed E-state index contributed by atoms with van der Waals surface area (Å²) in [7, 11) is 0. The summed E-state index contributed by atoms with van der Waals surface area (Å²) in [4.78, 5) is 12.9. The number of amides is 1. The van der Waals surface area contributed by atoms with Gasteiger partial charge in [0.05, 0.1) is 30.8 Å². The maximum absolute atomic E-state index is 12.9. The number of rotatable bonds is 3. The van der Waals surface area contributed by atoms with E-state index in [4.69, 9.17) is 14.0 Å². The van der Waals surface area contributed by atoms with Gasteiger partial charge in [-0.25, -0.2) is 0 Å². The minimum atomic E-state index is -0.0812. The summed E-state index contributed by atoms with van der Waals surface area (Å²) in [5.41, 5.74) is 2.29. The highest BCUT2D eigenvalue weighted by molar-refractivity contribution is 6.01. The first-order valence-electron chi connectivity index (χ1n) is 9.77. The van der Waals surface area contributed by atoms with E-state index in [9.17, 15) is 4.79 Å². The molecule has 1 saturated heterocycles. The maximum atomic E-state index is 12.9. The van der Waals surface area contributed by atoms with Crippen LogP contribution in [0.2, 0.25) is 0 Å². The lowest BCUT2D eigenvalue weighted by Crippen LogP contribution is -2.49. The molecule has 1 aliphatic carbocycles. The van der Waals surface area contributed by atoms with E-state index in [1.807, 2.05) is 42.5 Å². The molecule has 28 heavy (non-hydrogen) atoms. The first kappa shape index (κ1) is 17.4. The lowest BCUT2D eigenvalue weighted by molar-refractivity contribution is -0.157. The quantitative estimate of drug-likeness (QED) is 0.754. The summed E-state index contributed by atoms with van der Waals surface area (Å²) in [5, 5.41) is 8.12. The van der Waals surface area contributed by atoms with Crippen molar-refractivity contribution in [3.05, 3.63) is 54.1 Å². The fourth-order valence-corrected chi connectivity index (χ4v) is 4.15. The number of nitrogens with one attached hydrogen (secondary N) is 1. The van der Waals surface area contributed by atoms with E-state index in [0.717, 1.165) is 35.7 Å². The van der Waals surface area contributed by atoms with Crippen molar-refractivity contribution >= 4 is 16.8 Å². The van der Waals surface area contributed by atoms with Crippen LogP contribution in [0, 0.1) is 0 Å². The molecular weight excluding hydrogens is 356 g/mol. The predicted molar refractivity (Wildman–Crippen MR) is 104 cm³/mol. The molecule has 5 rings (SSSR count). The standard InChI is InChI=1S/C22H22N2O4/c25-22(23-16-7-9-19-20(13-16)27-11-10-26-19)15-6-8-18-17(12-15)21(28-24-18)14-4-2-1-3-5-14/h1-6,8,12,16,19-20H,7,9-11,13H2,(H,23,25). The summed E-state index contributed by atoms with van der Waals surface area (Å²) >= 11 is 0. The Labute approximate surface area is 162 Å². The molecule has 0 bridgehead atoms. The van der Waals surface area contributed by atoms with E-state index >= 15 is 0 Å². The Morgan fingerprint density at radius 3 is 2.68 bits per heavy atom. The van der Waals surface area contributed by atoms with Crippen molar-refractivity contribution in [3.8, 4) is 11.3 Å². The molecule has 144 valence electrons. The van der Waals surface area contributed by atoms with Gasteiger partial charge in [-0.15, -0.1) is 0 Å². The van der Waals surface area contributed by atoms with E-state index in [2.05, 4.69) is 10.5 Å². The molecule has 6 heteroatoms. The Morgan fingerprint density at radius 2 is 1.82 bits per heavy atom. The van der Waals surface area contributed by atoms with Crippen molar-refractivity contribution in [1.82, 2.24) is 10.5 Å². The smallest absolute Gasteiger partial charge is 0.251 e. The van der Waals surface area contributed by atoms with Crippen LogP contribution >= 0.6 is 0 Å². The first-order valence-corrected chi connectivity index (χ1v) is 9.77. The molecular formula is C22H22N2O4. The van der Waals surface area contributed by atoms with E-state index in [0.29, 0.717) is 24.5 Å². The largest absolute Gasteiger partial charge is 0.373 e. The van der Waals surface area contributed by atoms with E-state index in [1.165, 1.54) is 0 Å². The molecule has 6 nitrogen and oxygen atoms in total. The van der Waals surface area contributed by atoms with Crippen molar-refractivity contribution in [2.75, 3.05) is 13.2 Å². The van der Waals surface area contributed by atoms with Crippen LogP contribution in [0.15, 0.2) is 53.1 Å². The Bertz CT molecular complexity index is 985. The van der Waals surface area contributed by atoms with Gasteiger partial charge in [0.2, 0.25) is 0 Å². The summed E-state index contributed by atoms with van der Waals surface area (Å²) in [6.07, 6.45) is 2.86. The van der Waals surface area contributed by atoms with Crippen molar-refractivity contribution in [2.24, 2.45) is 0 Å². The molecule has 1 amide bonds. The normalized spacial score (nSPS) is 24.6. The zero-order chi connectivity index (χ0) is 18.9. The van der Waals surface area contributed by atoms with E-state index in [1.54, 1.807) is 6.07 Å². The highest BCUT2D eigenvalue weighted by atomic mass is 16.6. The van der Waals surface area contributed by atoms with Crippen LogP contribution in [0.3, 0.4) is 0 Å². The van der Waals surface area contributed by atoms with Gasteiger partial charge in [-0.05, 0) is 37.5 Å². The van der Waals surface area contributed by atoms with Crippen LogP contribution in [0.4, 0.5) is 0 Å². The minimum absolute atomic E-state index is 0.0812. The van der Waals surface area contributed by atoms with E-state index in [-0.39, 0.29) is 24.2 Å². The molecule has 0 spiro atoms. The number of hydrogen-bond donors (Lipinski definition) is 1. The summed E-state index contributed by atoms with van der Waals surface area (Å²) in [6, 6.07) is 15.4. The van der Waals surface area contributed by atoms with Crippen LogP contribution in [0.25, 0.3) is 22.2 Å². The first-order chi connectivity index (χ1) is 13.8. The lowest BCUT2D eigenvalue weighted by atomic mass is 9.89. The monoisotopic (exact) mass is 378 g/mol. The molecule has 3 atom stereocenters. The predicted octanol–water partition coefficient (Wildman–Crippen LogP) is 3.56. The third kappa shape index (κ3) is 3.30. The van der Waals surface area contributed by atoms with E-state index < -0.39 is 0 Å². The zero-order valence-corrected chi connectivity index (χ0v) is 15.5. The van der Waals surface area contributed by atoms with Crippen LogP contribution in [0.5, 0.6) is 0 Å². The van der Waals surface area contributed by atoms with Crippen molar-refractivity contribution in [3.63, 3.8) is 0 Å². The highest BCUT2D eigenvalue weighted by Crippen LogP contribution is 2.30. The Kier molecular flexibility index (Phi) is 4.58. The molecule has 2 heterocycles. The van der Waals surface area contributed by atoms with Gasteiger partial charge in [-0.2, -0.15) is 0 Å². The highest BCUT2D eigenvalue weighted by Gasteiger charge is 2.34. The van der Waals surface area contributed by atoms with Gasteiger partial charge >= 0.3 is 0 Å². The van der Waals surface area contributed by atoms with Gasteiger partial charge < -0.3 is 19.3 Å². The average molecular weight is 378 g/mol. The minimum Gasteiger partial charge on any atom is -0.373 e. The molecule has 3 unspecified atom stereocenters. The van der Waals surface area contributed by atoms with Crippen LogP contribution < -0.4 is 5.32 Å². The number of benzene rings is 2. The molecule has 1 N–H and O–H groups in total. The average Bonchev–Trinajstić information content (AvgIpc) is 3.17. The number of fused-ring (bicyclic) bond motifs is 2. The van der Waals surface area contributed by atoms with Crippen LogP contribution in [-0.2, 0) is 9.47 Å². The SMILES string of the molecule is O=C(NC1CCC2OCCOC2C1)c1ccc2noc(-c3ccccc3)c2c1. The van der Waals surface area contributed by atoms with Gasteiger partial charge in [-0.1, -0.05) is 35.5 Å². The Hall–Kier alpha value is -2.70. The number of aromatic nitrogens is 1. The fourth-order valence-electron chi connectivity index (χ4n) is 4.15. The molecule has 2 aromatic carbocycles. The molecule has 2 fully saturated rings. The topological polar surface area (TPSA) is 73.6 Å². The molecule has 3 aromatic rings. The van der Waals surface area contributed by atoms with Gasteiger partial charge in [0, 0.05) is 17.2 Å². The second kappa shape index (κ2) is 7.37. The number of carbonyl (C=O) groups excluding carboxylic acids is 1. The van der Waals surface area contributed by atoms with Crippen LogP contribution in [0.1, 0.15) is 29.6 Å². The maximum Gasteiger partial charge on any atom is 0.251 e. The molecule has 0 radical (unpaired) electrons. The van der Waals surface area contributed by atoms with Gasteiger partial charge in [-0.3, -0.25) is 4.79 Å².